The van der Waals surface area contributed by atoms with Crippen LogP contribution < -0.4 is 4.74 Å². The third kappa shape index (κ3) is 3.26. The number of nitrogens with zero attached hydrogens (tertiary/aromatic N) is 1. The molecule has 0 aromatic carbocycles. The number of pyridine rings is 1. The van der Waals surface area contributed by atoms with E-state index in [0.717, 1.165) is 44.3 Å². The fourth-order valence-electron chi connectivity index (χ4n) is 3.56. The lowest BCUT2D eigenvalue weighted by molar-refractivity contribution is -0.129. The first kappa shape index (κ1) is 14.5. The Balaban J connectivity index is 1.71. The van der Waals surface area contributed by atoms with Crippen LogP contribution >= 0.6 is 0 Å². The van der Waals surface area contributed by atoms with Gasteiger partial charge in [-0.3, -0.25) is 4.79 Å². The highest BCUT2D eigenvalue weighted by atomic mass is 16.5. The maximum atomic E-state index is 11.1. The van der Waals surface area contributed by atoms with E-state index in [1.54, 1.807) is 0 Å². The number of rotatable bonds is 3. The fraction of sp³-hybridized carbons (Fsp3) is 0.647. The standard InChI is InChI=1S/C17H23NO3/c1-13-5-6-16(15(12-19)18-13)21-14-7-10-20-17(11-14)8-3-2-4-9-17/h5-6,12,14H,2-4,7-11H2,1H3. The summed E-state index contributed by atoms with van der Waals surface area (Å²) in [6.07, 6.45) is 8.80. The summed E-state index contributed by atoms with van der Waals surface area (Å²) in [4.78, 5) is 15.4. The van der Waals surface area contributed by atoms with Gasteiger partial charge in [0.1, 0.15) is 17.5 Å². The predicted molar refractivity (Wildman–Crippen MR) is 79.8 cm³/mol. The van der Waals surface area contributed by atoms with Crippen molar-refractivity contribution in [3.8, 4) is 5.75 Å². The first-order chi connectivity index (χ1) is 10.2. The average molecular weight is 289 g/mol. The number of hydrogen-bond donors (Lipinski definition) is 0. The number of aromatic nitrogens is 1. The molecule has 1 aromatic heterocycles. The normalized spacial score (nSPS) is 24.7. The largest absolute Gasteiger partial charge is 0.488 e. The summed E-state index contributed by atoms with van der Waals surface area (Å²) in [5.74, 6) is 0.605. The van der Waals surface area contributed by atoms with Crippen molar-refractivity contribution in [2.24, 2.45) is 0 Å². The van der Waals surface area contributed by atoms with E-state index in [4.69, 9.17) is 9.47 Å². The minimum absolute atomic E-state index is 0.0145. The Morgan fingerprint density at radius 2 is 2.14 bits per heavy atom. The van der Waals surface area contributed by atoms with Crippen LogP contribution in [0.3, 0.4) is 0 Å². The Morgan fingerprint density at radius 1 is 1.33 bits per heavy atom. The van der Waals surface area contributed by atoms with Crippen LogP contribution in [-0.4, -0.2) is 29.6 Å². The Kier molecular flexibility index (Phi) is 4.24. The molecule has 1 aromatic rings. The molecular formula is C17H23NO3. The molecule has 0 amide bonds. The molecular weight excluding hydrogens is 266 g/mol. The molecule has 1 unspecified atom stereocenters. The van der Waals surface area contributed by atoms with E-state index in [1.165, 1.54) is 19.3 Å². The van der Waals surface area contributed by atoms with Gasteiger partial charge < -0.3 is 9.47 Å². The lowest BCUT2D eigenvalue weighted by Gasteiger charge is -2.43. The third-order valence-corrected chi connectivity index (χ3v) is 4.64. The Bertz CT molecular complexity index is 503. The summed E-state index contributed by atoms with van der Waals surface area (Å²) in [6, 6.07) is 3.74. The second-order valence-corrected chi connectivity index (χ2v) is 6.28. The lowest BCUT2D eigenvalue weighted by atomic mass is 9.79. The predicted octanol–water partition coefficient (Wildman–Crippen LogP) is 3.46. The monoisotopic (exact) mass is 289 g/mol. The summed E-state index contributed by atoms with van der Waals surface area (Å²) >= 11 is 0. The highest BCUT2D eigenvalue weighted by Crippen LogP contribution is 2.39. The zero-order valence-electron chi connectivity index (χ0n) is 12.6. The Morgan fingerprint density at radius 3 is 2.90 bits per heavy atom. The van der Waals surface area contributed by atoms with E-state index in [-0.39, 0.29) is 11.7 Å². The fourth-order valence-corrected chi connectivity index (χ4v) is 3.56. The van der Waals surface area contributed by atoms with Crippen molar-refractivity contribution < 1.29 is 14.3 Å². The third-order valence-electron chi connectivity index (χ3n) is 4.64. The Labute approximate surface area is 125 Å². The van der Waals surface area contributed by atoms with Gasteiger partial charge in [0.15, 0.2) is 6.29 Å². The van der Waals surface area contributed by atoms with E-state index < -0.39 is 0 Å². The highest BCUT2D eigenvalue weighted by Gasteiger charge is 2.39. The van der Waals surface area contributed by atoms with Gasteiger partial charge in [-0.1, -0.05) is 19.3 Å². The molecule has 1 spiro atoms. The van der Waals surface area contributed by atoms with E-state index >= 15 is 0 Å². The summed E-state index contributed by atoms with van der Waals surface area (Å²) in [6.45, 7) is 2.63. The van der Waals surface area contributed by atoms with Crippen LogP contribution in [0.2, 0.25) is 0 Å². The molecule has 1 atom stereocenters. The molecule has 0 radical (unpaired) electrons. The van der Waals surface area contributed by atoms with Gasteiger partial charge >= 0.3 is 0 Å². The quantitative estimate of drug-likeness (QED) is 0.799. The van der Waals surface area contributed by atoms with E-state index in [1.807, 2.05) is 19.1 Å². The summed E-state index contributed by atoms with van der Waals surface area (Å²) in [5.41, 5.74) is 1.25. The minimum atomic E-state index is 0.0145. The molecule has 21 heavy (non-hydrogen) atoms. The number of carbonyl (C=O) groups is 1. The van der Waals surface area contributed by atoms with Crippen LogP contribution in [-0.2, 0) is 4.74 Å². The second-order valence-electron chi connectivity index (χ2n) is 6.28. The van der Waals surface area contributed by atoms with Crippen molar-refractivity contribution in [2.75, 3.05) is 6.61 Å². The maximum absolute atomic E-state index is 11.1. The van der Waals surface area contributed by atoms with Gasteiger partial charge in [0.2, 0.25) is 0 Å². The van der Waals surface area contributed by atoms with Crippen molar-refractivity contribution in [3.63, 3.8) is 0 Å². The van der Waals surface area contributed by atoms with Crippen LogP contribution in [0.15, 0.2) is 12.1 Å². The van der Waals surface area contributed by atoms with E-state index in [9.17, 15) is 4.79 Å². The molecule has 1 saturated heterocycles. The van der Waals surface area contributed by atoms with E-state index in [0.29, 0.717) is 11.4 Å². The van der Waals surface area contributed by atoms with Crippen LogP contribution in [0.5, 0.6) is 5.75 Å². The van der Waals surface area contributed by atoms with Crippen LogP contribution in [0, 0.1) is 6.92 Å². The van der Waals surface area contributed by atoms with E-state index in [2.05, 4.69) is 4.98 Å². The maximum Gasteiger partial charge on any atom is 0.172 e. The molecule has 4 heteroatoms. The smallest absolute Gasteiger partial charge is 0.172 e. The van der Waals surface area contributed by atoms with Crippen molar-refractivity contribution >= 4 is 6.29 Å². The molecule has 1 saturated carbocycles. The number of hydrogen-bond acceptors (Lipinski definition) is 4. The van der Waals surface area contributed by atoms with Crippen molar-refractivity contribution in [2.45, 2.75) is 63.6 Å². The van der Waals surface area contributed by atoms with Crippen molar-refractivity contribution in [1.82, 2.24) is 4.98 Å². The van der Waals surface area contributed by atoms with Gasteiger partial charge in [-0.25, -0.2) is 4.98 Å². The van der Waals surface area contributed by atoms with Gasteiger partial charge in [0, 0.05) is 18.5 Å². The van der Waals surface area contributed by atoms with Crippen molar-refractivity contribution in [1.29, 1.82) is 0 Å². The Hall–Kier alpha value is -1.42. The number of aldehydes is 1. The van der Waals surface area contributed by atoms with Crippen molar-refractivity contribution in [3.05, 3.63) is 23.5 Å². The van der Waals surface area contributed by atoms with Crippen LogP contribution in [0.1, 0.15) is 61.1 Å². The molecule has 4 nitrogen and oxygen atoms in total. The van der Waals surface area contributed by atoms with Crippen LogP contribution in [0.4, 0.5) is 0 Å². The summed E-state index contributed by atoms with van der Waals surface area (Å²) in [5, 5.41) is 0. The zero-order chi connectivity index (χ0) is 14.7. The number of aryl methyl sites for hydroxylation is 1. The van der Waals surface area contributed by atoms with Gasteiger partial charge in [0.05, 0.1) is 12.2 Å². The van der Waals surface area contributed by atoms with Gasteiger partial charge in [-0.2, -0.15) is 0 Å². The molecule has 3 rings (SSSR count). The molecule has 1 aliphatic heterocycles. The average Bonchev–Trinajstić information content (AvgIpc) is 2.50. The van der Waals surface area contributed by atoms with Gasteiger partial charge in [-0.15, -0.1) is 0 Å². The highest BCUT2D eigenvalue weighted by molar-refractivity contribution is 5.76. The minimum Gasteiger partial charge on any atom is -0.488 e. The topological polar surface area (TPSA) is 48.4 Å². The second kappa shape index (κ2) is 6.14. The summed E-state index contributed by atoms with van der Waals surface area (Å²) < 4.78 is 12.2. The first-order valence-electron chi connectivity index (χ1n) is 7.94. The summed E-state index contributed by atoms with van der Waals surface area (Å²) in [7, 11) is 0. The number of carbonyl (C=O) groups excluding carboxylic acids is 1. The lowest BCUT2D eigenvalue weighted by Crippen LogP contribution is -2.45. The van der Waals surface area contributed by atoms with Crippen LogP contribution in [0.25, 0.3) is 0 Å². The first-order valence-corrected chi connectivity index (χ1v) is 7.94. The molecule has 0 bridgehead atoms. The SMILES string of the molecule is Cc1ccc(OC2CCOC3(CCCCC3)C2)c(C=O)n1. The molecule has 2 aliphatic rings. The molecule has 2 fully saturated rings. The number of ether oxygens (including phenoxy) is 2. The molecule has 114 valence electrons. The molecule has 1 aliphatic carbocycles. The zero-order valence-corrected chi connectivity index (χ0v) is 12.6. The molecule has 2 heterocycles. The molecule has 0 N–H and O–H groups in total. The van der Waals surface area contributed by atoms with Gasteiger partial charge in [0.25, 0.3) is 0 Å². The van der Waals surface area contributed by atoms with Gasteiger partial charge in [-0.05, 0) is 31.9 Å².